The van der Waals surface area contributed by atoms with Gasteiger partial charge in [-0.05, 0) is 61.2 Å². The summed E-state index contributed by atoms with van der Waals surface area (Å²) in [6.45, 7) is 0.762. The number of hydrogen-bond acceptors (Lipinski definition) is 2. The van der Waals surface area contributed by atoms with Crippen LogP contribution >= 0.6 is 15.9 Å². The maximum atomic E-state index is 5.87. The standard InChI is InChI=1S/C18H20BrNO/c1-20-18-14(12-13-4-2-3-5-17(13)18)10-11-21-16-8-6-15(19)7-9-16/h2-9,14,18,20H,10-12H2,1H3. The van der Waals surface area contributed by atoms with Crippen molar-refractivity contribution >= 4 is 15.9 Å². The van der Waals surface area contributed by atoms with Crippen molar-refractivity contribution in [1.82, 2.24) is 5.32 Å². The van der Waals surface area contributed by atoms with Crippen molar-refractivity contribution in [3.05, 3.63) is 64.1 Å². The zero-order chi connectivity index (χ0) is 14.7. The highest BCUT2D eigenvalue weighted by Gasteiger charge is 2.30. The van der Waals surface area contributed by atoms with Crippen molar-refractivity contribution in [1.29, 1.82) is 0 Å². The molecule has 2 aromatic carbocycles. The van der Waals surface area contributed by atoms with Gasteiger partial charge in [-0.15, -0.1) is 0 Å². The molecule has 0 fully saturated rings. The Bertz CT molecular complexity index is 596. The average molecular weight is 346 g/mol. The summed E-state index contributed by atoms with van der Waals surface area (Å²) in [5, 5.41) is 3.46. The van der Waals surface area contributed by atoms with Crippen LogP contribution in [0.2, 0.25) is 0 Å². The fraction of sp³-hybridized carbons (Fsp3) is 0.333. The minimum atomic E-state index is 0.453. The van der Waals surface area contributed by atoms with Gasteiger partial charge in [0.2, 0.25) is 0 Å². The highest BCUT2D eigenvalue weighted by molar-refractivity contribution is 9.10. The first-order valence-corrected chi connectivity index (χ1v) is 8.20. The molecule has 3 heteroatoms. The van der Waals surface area contributed by atoms with Crippen molar-refractivity contribution in [2.45, 2.75) is 18.9 Å². The van der Waals surface area contributed by atoms with Gasteiger partial charge in [-0.3, -0.25) is 0 Å². The largest absolute Gasteiger partial charge is 0.494 e. The van der Waals surface area contributed by atoms with Gasteiger partial charge in [0.15, 0.2) is 0 Å². The quantitative estimate of drug-likeness (QED) is 0.869. The van der Waals surface area contributed by atoms with E-state index in [9.17, 15) is 0 Å². The summed E-state index contributed by atoms with van der Waals surface area (Å²) in [4.78, 5) is 0. The van der Waals surface area contributed by atoms with Crippen molar-refractivity contribution < 1.29 is 4.74 Å². The molecular weight excluding hydrogens is 326 g/mol. The van der Waals surface area contributed by atoms with Crippen molar-refractivity contribution in [3.8, 4) is 5.75 Å². The van der Waals surface area contributed by atoms with Crippen LogP contribution in [0.25, 0.3) is 0 Å². The van der Waals surface area contributed by atoms with E-state index in [0.717, 1.165) is 29.7 Å². The maximum Gasteiger partial charge on any atom is 0.119 e. The van der Waals surface area contributed by atoms with Gasteiger partial charge in [-0.2, -0.15) is 0 Å². The molecule has 1 N–H and O–H groups in total. The first-order chi connectivity index (χ1) is 10.3. The van der Waals surface area contributed by atoms with Crippen LogP contribution < -0.4 is 10.1 Å². The smallest absolute Gasteiger partial charge is 0.119 e. The van der Waals surface area contributed by atoms with Crippen molar-refractivity contribution in [2.24, 2.45) is 5.92 Å². The zero-order valence-corrected chi connectivity index (χ0v) is 13.8. The van der Waals surface area contributed by atoms with E-state index in [-0.39, 0.29) is 0 Å². The first kappa shape index (κ1) is 14.6. The fourth-order valence-corrected chi connectivity index (χ4v) is 3.46. The second-order valence-corrected chi connectivity index (χ2v) is 6.44. The van der Waals surface area contributed by atoms with Crippen LogP contribution in [0.15, 0.2) is 53.0 Å². The number of benzene rings is 2. The van der Waals surface area contributed by atoms with Gasteiger partial charge in [-0.1, -0.05) is 40.2 Å². The summed E-state index contributed by atoms with van der Waals surface area (Å²) >= 11 is 3.44. The third kappa shape index (κ3) is 3.30. The molecule has 0 bridgehead atoms. The molecular formula is C18H20BrNO. The predicted octanol–water partition coefficient (Wildman–Crippen LogP) is 4.35. The summed E-state index contributed by atoms with van der Waals surface area (Å²) in [6.07, 6.45) is 2.21. The van der Waals surface area contributed by atoms with E-state index in [1.54, 1.807) is 0 Å². The minimum Gasteiger partial charge on any atom is -0.494 e. The summed E-state index contributed by atoms with van der Waals surface area (Å²) in [6, 6.07) is 17.2. The Morgan fingerprint density at radius 2 is 1.90 bits per heavy atom. The van der Waals surface area contributed by atoms with Crippen LogP contribution in [0.5, 0.6) is 5.75 Å². The Morgan fingerprint density at radius 3 is 2.67 bits per heavy atom. The molecule has 2 nitrogen and oxygen atoms in total. The van der Waals surface area contributed by atoms with E-state index in [0.29, 0.717) is 12.0 Å². The van der Waals surface area contributed by atoms with Crippen LogP contribution in [0.3, 0.4) is 0 Å². The number of ether oxygens (including phenoxy) is 1. The molecule has 110 valence electrons. The number of rotatable bonds is 5. The molecule has 1 aliphatic carbocycles. The molecule has 0 radical (unpaired) electrons. The van der Waals surface area contributed by atoms with E-state index < -0.39 is 0 Å². The first-order valence-electron chi connectivity index (χ1n) is 7.41. The number of halogens is 1. The van der Waals surface area contributed by atoms with E-state index in [1.807, 2.05) is 24.3 Å². The SMILES string of the molecule is CNC1c2ccccc2CC1CCOc1ccc(Br)cc1. The lowest BCUT2D eigenvalue weighted by Crippen LogP contribution is -2.23. The lowest BCUT2D eigenvalue weighted by molar-refractivity contribution is 0.259. The monoisotopic (exact) mass is 345 g/mol. The Hall–Kier alpha value is -1.32. The summed E-state index contributed by atoms with van der Waals surface area (Å²) in [5.74, 6) is 1.55. The van der Waals surface area contributed by atoms with Crippen LogP contribution in [0.1, 0.15) is 23.6 Å². The zero-order valence-electron chi connectivity index (χ0n) is 12.2. The van der Waals surface area contributed by atoms with E-state index in [1.165, 1.54) is 11.1 Å². The number of nitrogens with one attached hydrogen (secondary N) is 1. The van der Waals surface area contributed by atoms with Crippen molar-refractivity contribution in [2.75, 3.05) is 13.7 Å². The van der Waals surface area contributed by atoms with Gasteiger partial charge < -0.3 is 10.1 Å². The van der Waals surface area contributed by atoms with Crippen molar-refractivity contribution in [3.63, 3.8) is 0 Å². The Balaban J connectivity index is 1.58. The highest BCUT2D eigenvalue weighted by atomic mass is 79.9. The van der Waals surface area contributed by atoms with Gasteiger partial charge in [0.1, 0.15) is 5.75 Å². The Kier molecular flexibility index (Phi) is 4.61. The summed E-state index contributed by atoms with van der Waals surface area (Å²) < 4.78 is 6.95. The van der Waals surface area contributed by atoms with E-state index >= 15 is 0 Å². The van der Waals surface area contributed by atoms with Gasteiger partial charge in [0, 0.05) is 10.5 Å². The van der Waals surface area contributed by atoms with Gasteiger partial charge in [0.25, 0.3) is 0 Å². The van der Waals surface area contributed by atoms with Gasteiger partial charge >= 0.3 is 0 Å². The normalized spacial score (nSPS) is 20.3. The maximum absolute atomic E-state index is 5.87. The molecule has 0 spiro atoms. The topological polar surface area (TPSA) is 21.3 Å². The van der Waals surface area contributed by atoms with E-state index in [4.69, 9.17) is 4.74 Å². The van der Waals surface area contributed by atoms with Crippen LogP contribution in [0, 0.1) is 5.92 Å². The lowest BCUT2D eigenvalue weighted by atomic mass is 9.97. The molecule has 1 aliphatic rings. The number of fused-ring (bicyclic) bond motifs is 1. The molecule has 21 heavy (non-hydrogen) atoms. The molecule has 3 rings (SSSR count). The lowest BCUT2D eigenvalue weighted by Gasteiger charge is -2.20. The average Bonchev–Trinajstić information content (AvgIpc) is 2.86. The van der Waals surface area contributed by atoms with Gasteiger partial charge in [0.05, 0.1) is 6.61 Å². The molecule has 0 aliphatic heterocycles. The predicted molar refractivity (Wildman–Crippen MR) is 89.7 cm³/mol. The Labute approximate surface area is 134 Å². The summed E-state index contributed by atoms with van der Waals surface area (Å²) in [7, 11) is 2.05. The fourth-order valence-electron chi connectivity index (χ4n) is 3.20. The molecule has 0 heterocycles. The van der Waals surface area contributed by atoms with Gasteiger partial charge in [-0.25, -0.2) is 0 Å². The van der Waals surface area contributed by atoms with Crippen LogP contribution in [-0.4, -0.2) is 13.7 Å². The Morgan fingerprint density at radius 1 is 1.14 bits per heavy atom. The summed E-state index contributed by atoms with van der Waals surface area (Å²) in [5.41, 5.74) is 2.93. The molecule has 0 saturated heterocycles. The second kappa shape index (κ2) is 6.63. The van der Waals surface area contributed by atoms with E-state index in [2.05, 4.69) is 52.6 Å². The molecule has 0 saturated carbocycles. The van der Waals surface area contributed by atoms with Crippen LogP contribution in [0.4, 0.5) is 0 Å². The molecule has 2 aromatic rings. The highest BCUT2D eigenvalue weighted by Crippen LogP contribution is 2.37. The molecule has 0 amide bonds. The molecule has 0 aromatic heterocycles. The number of hydrogen-bond donors (Lipinski definition) is 1. The third-order valence-corrected chi connectivity index (χ3v) is 4.75. The third-order valence-electron chi connectivity index (χ3n) is 4.23. The molecule has 2 unspecified atom stereocenters. The molecule has 2 atom stereocenters. The van der Waals surface area contributed by atoms with Crippen LogP contribution in [-0.2, 0) is 6.42 Å². The second-order valence-electron chi connectivity index (χ2n) is 5.52. The minimum absolute atomic E-state index is 0.453.